The molecule has 0 aromatic rings. The van der Waals surface area contributed by atoms with E-state index in [1.165, 1.54) is 186 Å². The van der Waals surface area contributed by atoms with E-state index >= 15 is 0 Å². The number of hydrogen-bond acceptors (Lipinski definition) is 4. The maximum Gasteiger partial charge on any atom is 0.0704 e. The third-order valence-electron chi connectivity index (χ3n) is 8.97. The minimum absolute atomic E-state index is 0.350. The largest absolute Gasteiger partial charge is 0.382 e. The predicted octanol–water partition coefficient (Wildman–Crippen LogP) is 11.9. The van der Waals surface area contributed by atoms with Gasteiger partial charge in [0.15, 0.2) is 0 Å². The summed E-state index contributed by atoms with van der Waals surface area (Å²) in [6.07, 6.45) is 37.0. The van der Waals surface area contributed by atoms with Gasteiger partial charge in [-0.15, -0.1) is 0 Å². The van der Waals surface area contributed by atoms with Gasteiger partial charge in [-0.25, -0.2) is 0 Å². The van der Waals surface area contributed by atoms with Gasteiger partial charge >= 0.3 is 0 Å². The summed E-state index contributed by atoms with van der Waals surface area (Å²) in [5, 5.41) is 0. The second-order valence-corrected chi connectivity index (χ2v) is 13.3. The first kappa shape index (κ1) is 42.8. The molecule has 0 aliphatic carbocycles. The van der Waals surface area contributed by atoms with E-state index in [0.29, 0.717) is 12.7 Å². The molecule has 1 unspecified atom stereocenters. The summed E-state index contributed by atoms with van der Waals surface area (Å²) < 4.78 is 17.5. The SMILES string of the molecule is CCCCCCCCCCCCCCN(CCCCCCCOCCCCCCC)CC(CCCCCC)OCCOC. The molecule has 0 spiro atoms. The summed E-state index contributed by atoms with van der Waals surface area (Å²) in [4.78, 5) is 2.75. The number of methoxy groups -OCH3 is 1. The maximum absolute atomic E-state index is 6.34. The van der Waals surface area contributed by atoms with Crippen molar-refractivity contribution in [2.45, 2.75) is 200 Å². The summed E-state index contributed by atoms with van der Waals surface area (Å²) >= 11 is 0. The minimum Gasteiger partial charge on any atom is -0.382 e. The molecule has 0 saturated heterocycles. The van der Waals surface area contributed by atoms with Crippen molar-refractivity contribution in [3.8, 4) is 0 Å². The number of ether oxygens (including phenoxy) is 3. The van der Waals surface area contributed by atoms with E-state index in [2.05, 4.69) is 25.7 Å². The van der Waals surface area contributed by atoms with Crippen molar-refractivity contribution < 1.29 is 14.2 Å². The van der Waals surface area contributed by atoms with Crippen LogP contribution in [0.5, 0.6) is 0 Å². The van der Waals surface area contributed by atoms with Gasteiger partial charge in [0.25, 0.3) is 0 Å². The van der Waals surface area contributed by atoms with E-state index in [0.717, 1.165) is 26.4 Å². The van der Waals surface area contributed by atoms with Gasteiger partial charge in [-0.2, -0.15) is 0 Å². The Morgan fingerprint density at radius 2 is 0.814 bits per heavy atom. The fourth-order valence-electron chi connectivity index (χ4n) is 6.06. The van der Waals surface area contributed by atoms with Crippen LogP contribution in [0.25, 0.3) is 0 Å². The highest BCUT2D eigenvalue weighted by Gasteiger charge is 2.15. The molecule has 0 aromatic heterocycles. The Balaban J connectivity index is 4.29. The molecule has 0 aliphatic rings. The first-order chi connectivity index (χ1) is 21.3. The van der Waals surface area contributed by atoms with Gasteiger partial charge in [-0.1, -0.05) is 162 Å². The van der Waals surface area contributed by atoms with E-state index in [1.807, 2.05) is 0 Å². The quantitative estimate of drug-likeness (QED) is 0.0650. The third kappa shape index (κ3) is 34.6. The summed E-state index contributed by atoms with van der Waals surface area (Å²) in [7, 11) is 1.78. The zero-order chi connectivity index (χ0) is 31.3. The number of hydrogen-bond donors (Lipinski definition) is 0. The average molecular weight is 612 g/mol. The Bertz CT molecular complexity index is 489. The number of rotatable bonds is 38. The van der Waals surface area contributed by atoms with Crippen LogP contribution in [0.2, 0.25) is 0 Å². The maximum atomic E-state index is 6.34. The summed E-state index contributed by atoms with van der Waals surface area (Å²) in [6, 6.07) is 0. The van der Waals surface area contributed by atoms with Gasteiger partial charge in [0.2, 0.25) is 0 Å². The second-order valence-electron chi connectivity index (χ2n) is 13.3. The van der Waals surface area contributed by atoms with Crippen LogP contribution < -0.4 is 0 Å². The van der Waals surface area contributed by atoms with Crippen molar-refractivity contribution in [2.75, 3.05) is 53.2 Å². The molecule has 0 N–H and O–H groups in total. The molecular formula is C39H81NO3. The van der Waals surface area contributed by atoms with Gasteiger partial charge in [0, 0.05) is 26.9 Å². The lowest BCUT2D eigenvalue weighted by molar-refractivity contribution is -0.00628. The third-order valence-corrected chi connectivity index (χ3v) is 8.97. The zero-order valence-electron chi connectivity index (χ0n) is 30.3. The van der Waals surface area contributed by atoms with Crippen LogP contribution in [0.1, 0.15) is 194 Å². The monoisotopic (exact) mass is 612 g/mol. The van der Waals surface area contributed by atoms with Gasteiger partial charge in [0.1, 0.15) is 0 Å². The fourth-order valence-corrected chi connectivity index (χ4v) is 6.06. The minimum atomic E-state index is 0.350. The van der Waals surface area contributed by atoms with Crippen molar-refractivity contribution in [2.24, 2.45) is 0 Å². The zero-order valence-corrected chi connectivity index (χ0v) is 30.3. The molecule has 0 heterocycles. The van der Waals surface area contributed by atoms with Gasteiger partial charge in [-0.3, -0.25) is 0 Å². The number of nitrogens with zero attached hydrogens (tertiary/aromatic N) is 1. The summed E-state index contributed by atoms with van der Waals surface area (Å²) in [6.45, 7) is 13.8. The van der Waals surface area contributed by atoms with Crippen LogP contribution in [0.4, 0.5) is 0 Å². The van der Waals surface area contributed by atoms with Crippen molar-refractivity contribution in [3.63, 3.8) is 0 Å². The molecular weight excluding hydrogens is 530 g/mol. The highest BCUT2D eigenvalue weighted by Crippen LogP contribution is 2.15. The predicted molar refractivity (Wildman–Crippen MR) is 191 cm³/mol. The van der Waals surface area contributed by atoms with Crippen molar-refractivity contribution in [1.29, 1.82) is 0 Å². The van der Waals surface area contributed by atoms with Crippen LogP contribution in [0, 0.1) is 0 Å². The fraction of sp³-hybridized carbons (Fsp3) is 1.00. The Hall–Kier alpha value is -0.160. The van der Waals surface area contributed by atoms with Crippen LogP contribution >= 0.6 is 0 Å². The molecule has 0 radical (unpaired) electrons. The highest BCUT2D eigenvalue weighted by molar-refractivity contribution is 4.68. The van der Waals surface area contributed by atoms with E-state index in [4.69, 9.17) is 14.2 Å². The van der Waals surface area contributed by atoms with Crippen molar-refractivity contribution in [3.05, 3.63) is 0 Å². The summed E-state index contributed by atoms with van der Waals surface area (Å²) in [5.74, 6) is 0. The van der Waals surface area contributed by atoms with Gasteiger partial charge in [-0.05, 0) is 45.2 Å². The Morgan fingerprint density at radius 1 is 0.419 bits per heavy atom. The summed E-state index contributed by atoms with van der Waals surface area (Å²) in [5.41, 5.74) is 0. The van der Waals surface area contributed by atoms with Crippen molar-refractivity contribution >= 4 is 0 Å². The molecule has 0 bridgehead atoms. The van der Waals surface area contributed by atoms with E-state index in [9.17, 15) is 0 Å². The molecule has 0 saturated carbocycles. The highest BCUT2D eigenvalue weighted by atomic mass is 16.5. The second kappa shape index (κ2) is 38.0. The molecule has 260 valence electrons. The number of unbranched alkanes of at least 4 members (excludes halogenated alkanes) is 22. The van der Waals surface area contributed by atoms with Crippen molar-refractivity contribution in [1.82, 2.24) is 4.90 Å². The van der Waals surface area contributed by atoms with Gasteiger partial charge in [0.05, 0.1) is 19.3 Å². The normalized spacial score (nSPS) is 12.5. The smallest absolute Gasteiger partial charge is 0.0704 e. The average Bonchev–Trinajstić information content (AvgIpc) is 3.01. The van der Waals surface area contributed by atoms with Crippen LogP contribution in [0.3, 0.4) is 0 Å². The lowest BCUT2D eigenvalue weighted by atomic mass is 10.0. The Kier molecular flexibility index (Phi) is 37.9. The molecule has 43 heavy (non-hydrogen) atoms. The molecule has 0 amide bonds. The molecule has 4 heteroatoms. The molecule has 0 aliphatic heterocycles. The van der Waals surface area contributed by atoms with Crippen LogP contribution in [-0.4, -0.2) is 64.2 Å². The van der Waals surface area contributed by atoms with Crippen LogP contribution in [0.15, 0.2) is 0 Å². The molecule has 4 nitrogen and oxygen atoms in total. The lowest BCUT2D eigenvalue weighted by Crippen LogP contribution is -2.36. The van der Waals surface area contributed by atoms with E-state index in [1.54, 1.807) is 7.11 Å². The van der Waals surface area contributed by atoms with E-state index in [-0.39, 0.29) is 0 Å². The first-order valence-corrected chi connectivity index (χ1v) is 19.7. The molecule has 0 rings (SSSR count). The van der Waals surface area contributed by atoms with E-state index < -0.39 is 0 Å². The first-order valence-electron chi connectivity index (χ1n) is 19.7. The van der Waals surface area contributed by atoms with Gasteiger partial charge < -0.3 is 19.1 Å². The van der Waals surface area contributed by atoms with Crippen LogP contribution in [-0.2, 0) is 14.2 Å². The Morgan fingerprint density at radius 3 is 1.26 bits per heavy atom. The lowest BCUT2D eigenvalue weighted by Gasteiger charge is -2.28. The standard InChI is InChI=1S/C39H81NO3/c1-5-8-11-14-15-16-17-18-19-20-22-27-32-40(38-39(43-37-36-41-4)31-26-13-10-7-3)33-28-23-21-25-30-35-42-34-29-24-12-9-6-2/h39H,5-38H2,1-4H3. The Labute approximate surface area is 272 Å². The molecule has 0 fully saturated rings. The molecule has 0 aromatic carbocycles. The molecule has 1 atom stereocenters. The topological polar surface area (TPSA) is 30.9 Å².